The third-order valence-electron chi connectivity index (χ3n) is 1.85. The second-order valence-electron chi connectivity index (χ2n) is 3.55. The van der Waals surface area contributed by atoms with Crippen molar-refractivity contribution in [3.05, 3.63) is 5.28 Å². The Hall–Kier alpha value is -1.63. The normalized spacial score (nSPS) is 10.1. The highest BCUT2D eigenvalue weighted by Crippen LogP contribution is 2.11. The van der Waals surface area contributed by atoms with Crippen molar-refractivity contribution in [1.82, 2.24) is 15.0 Å². The van der Waals surface area contributed by atoms with Gasteiger partial charge in [0, 0.05) is 27.1 Å². The number of carbonyl (C=O) groups is 1. The Morgan fingerprint density at radius 2 is 2.12 bits per heavy atom. The lowest BCUT2D eigenvalue weighted by atomic mass is 10.3. The quantitative estimate of drug-likeness (QED) is 0.733. The number of hydrogen-bond acceptors (Lipinski definition) is 6. The first kappa shape index (κ1) is 13.4. The van der Waals surface area contributed by atoms with Crippen molar-refractivity contribution >= 4 is 29.5 Å². The summed E-state index contributed by atoms with van der Waals surface area (Å²) in [7, 11) is 3.58. The molecule has 2 N–H and O–H groups in total. The lowest BCUT2D eigenvalue weighted by Gasteiger charge is -2.11. The molecule has 0 atom stereocenters. The monoisotopic (exact) mass is 259 g/mol. The summed E-state index contributed by atoms with van der Waals surface area (Å²) in [6.07, 6.45) is 0.599. The summed E-state index contributed by atoms with van der Waals surface area (Å²) in [4.78, 5) is 23.9. The molecule has 0 unspecified atom stereocenters. The molecule has 0 fully saturated rings. The van der Waals surface area contributed by atoms with Gasteiger partial charge in [0.2, 0.25) is 17.2 Å². The fourth-order valence-corrected chi connectivity index (χ4v) is 1.21. The van der Waals surface area contributed by atoms with Crippen molar-refractivity contribution in [2.24, 2.45) is 0 Å². The average Bonchev–Trinajstić information content (AvgIpc) is 2.23. The van der Waals surface area contributed by atoms with Gasteiger partial charge in [-0.25, -0.2) is 0 Å². The Bertz CT molecular complexity index is 399. The van der Waals surface area contributed by atoms with Crippen molar-refractivity contribution < 1.29 is 9.90 Å². The second-order valence-corrected chi connectivity index (χ2v) is 3.88. The number of halogens is 1. The molecule has 7 nitrogen and oxygen atoms in total. The highest BCUT2D eigenvalue weighted by atomic mass is 35.5. The summed E-state index contributed by atoms with van der Waals surface area (Å²) in [5, 5.41) is 11.5. The van der Waals surface area contributed by atoms with E-state index in [1.54, 1.807) is 19.0 Å². The molecular formula is C9H14ClN5O2. The zero-order valence-corrected chi connectivity index (χ0v) is 10.4. The molecule has 1 heterocycles. The summed E-state index contributed by atoms with van der Waals surface area (Å²) < 4.78 is 0. The largest absolute Gasteiger partial charge is 0.481 e. The Morgan fingerprint density at radius 3 is 2.71 bits per heavy atom. The van der Waals surface area contributed by atoms with Crippen molar-refractivity contribution in [3.63, 3.8) is 0 Å². The number of rotatable bonds is 6. The van der Waals surface area contributed by atoms with E-state index in [1.807, 2.05) is 0 Å². The number of nitrogens with zero attached hydrogens (tertiary/aromatic N) is 4. The maximum atomic E-state index is 10.3. The summed E-state index contributed by atoms with van der Waals surface area (Å²) in [6, 6.07) is 0. The lowest BCUT2D eigenvalue weighted by molar-refractivity contribution is -0.137. The van der Waals surface area contributed by atoms with E-state index in [0.717, 1.165) is 0 Å². The zero-order valence-electron chi connectivity index (χ0n) is 9.64. The van der Waals surface area contributed by atoms with Crippen molar-refractivity contribution in [3.8, 4) is 0 Å². The van der Waals surface area contributed by atoms with E-state index in [4.69, 9.17) is 16.7 Å². The van der Waals surface area contributed by atoms with Crippen LogP contribution in [0.15, 0.2) is 0 Å². The van der Waals surface area contributed by atoms with Gasteiger partial charge in [-0.05, 0) is 18.0 Å². The molecule has 0 aliphatic rings. The molecule has 0 saturated heterocycles. The molecule has 0 aliphatic carbocycles. The maximum absolute atomic E-state index is 10.3. The van der Waals surface area contributed by atoms with Gasteiger partial charge in [0.1, 0.15) is 0 Å². The molecule has 0 saturated carbocycles. The van der Waals surface area contributed by atoms with Gasteiger partial charge >= 0.3 is 5.97 Å². The number of aliphatic carboxylic acids is 1. The van der Waals surface area contributed by atoms with Crippen LogP contribution in [0.3, 0.4) is 0 Å². The molecule has 0 amide bonds. The van der Waals surface area contributed by atoms with Crippen LogP contribution in [0, 0.1) is 0 Å². The molecular weight excluding hydrogens is 246 g/mol. The molecule has 0 bridgehead atoms. The Morgan fingerprint density at radius 1 is 1.41 bits per heavy atom. The first-order valence-corrected chi connectivity index (χ1v) is 5.41. The molecule has 1 aromatic heterocycles. The number of nitrogens with one attached hydrogen (secondary N) is 1. The average molecular weight is 260 g/mol. The van der Waals surface area contributed by atoms with Crippen LogP contribution in [-0.2, 0) is 4.79 Å². The van der Waals surface area contributed by atoms with Crippen molar-refractivity contribution in [2.45, 2.75) is 12.8 Å². The zero-order chi connectivity index (χ0) is 12.8. The second kappa shape index (κ2) is 6.19. The van der Waals surface area contributed by atoms with Crippen LogP contribution in [0.4, 0.5) is 11.9 Å². The highest BCUT2D eigenvalue weighted by molar-refractivity contribution is 6.28. The van der Waals surface area contributed by atoms with E-state index in [-0.39, 0.29) is 11.7 Å². The van der Waals surface area contributed by atoms with Crippen molar-refractivity contribution in [1.29, 1.82) is 0 Å². The van der Waals surface area contributed by atoms with E-state index in [9.17, 15) is 4.79 Å². The van der Waals surface area contributed by atoms with Gasteiger partial charge in [-0.15, -0.1) is 0 Å². The molecule has 17 heavy (non-hydrogen) atoms. The summed E-state index contributed by atoms with van der Waals surface area (Å²) in [5.74, 6) is -0.0284. The Balaban J connectivity index is 2.55. The molecule has 0 radical (unpaired) electrons. The number of anilines is 2. The minimum atomic E-state index is -0.825. The van der Waals surface area contributed by atoms with Gasteiger partial charge in [-0.3, -0.25) is 4.79 Å². The molecule has 0 aromatic carbocycles. The molecule has 8 heteroatoms. The highest BCUT2D eigenvalue weighted by Gasteiger charge is 2.06. The Kier molecular flexibility index (Phi) is 4.89. The van der Waals surface area contributed by atoms with Crippen LogP contribution in [0.2, 0.25) is 5.28 Å². The van der Waals surface area contributed by atoms with Crippen LogP contribution < -0.4 is 10.2 Å². The van der Waals surface area contributed by atoms with Gasteiger partial charge in [0.05, 0.1) is 0 Å². The summed E-state index contributed by atoms with van der Waals surface area (Å²) >= 11 is 5.73. The number of carboxylic acid groups (broad SMARTS) is 1. The maximum Gasteiger partial charge on any atom is 0.303 e. The van der Waals surface area contributed by atoms with E-state index >= 15 is 0 Å². The summed E-state index contributed by atoms with van der Waals surface area (Å²) in [6.45, 7) is 0.472. The van der Waals surface area contributed by atoms with Gasteiger partial charge in [0.15, 0.2) is 0 Å². The molecule has 1 rings (SSSR count). The SMILES string of the molecule is CN(C)c1nc(Cl)nc(NCCCC(=O)O)n1. The van der Waals surface area contributed by atoms with Crippen LogP contribution in [0.5, 0.6) is 0 Å². The Labute approximate surface area is 104 Å². The van der Waals surface area contributed by atoms with Crippen LogP contribution in [0.1, 0.15) is 12.8 Å². The minimum absolute atomic E-state index is 0.101. The molecule has 0 spiro atoms. The molecule has 0 aliphatic heterocycles. The minimum Gasteiger partial charge on any atom is -0.481 e. The van der Waals surface area contributed by atoms with E-state index < -0.39 is 5.97 Å². The van der Waals surface area contributed by atoms with Gasteiger partial charge in [0.25, 0.3) is 0 Å². The summed E-state index contributed by atoms with van der Waals surface area (Å²) in [5.41, 5.74) is 0. The van der Waals surface area contributed by atoms with Gasteiger partial charge in [-0.2, -0.15) is 15.0 Å². The predicted octanol–water partition coefficient (Wildman–Crippen LogP) is 0.868. The van der Waals surface area contributed by atoms with E-state index in [2.05, 4.69) is 20.3 Å². The third kappa shape index (κ3) is 4.81. The first-order valence-electron chi connectivity index (χ1n) is 5.03. The van der Waals surface area contributed by atoms with Crippen LogP contribution in [-0.4, -0.2) is 46.7 Å². The number of hydrogen-bond donors (Lipinski definition) is 2. The van der Waals surface area contributed by atoms with E-state index in [1.165, 1.54) is 0 Å². The van der Waals surface area contributed by atoms with Gasteiger partial charge < -0.3 is 15.3 Å². The number of carboxylic acids is 1. The lowest BCUT2D eigenvalue weighted by Crippen LogP contribution is -2.15. The van der Waals surface area contributed by atoms with Crippen LogP contribution in [0.25, 0.3) is 0 Å². The fourth-order valence-electron chi connectivity index (χ4n) is 1.06. The smallest absolute Gasteiger partial charge is 0.303 e. The fraction of sp³-hybridized carbons (Fsp3) is 0.556. The molecule has 1 aromatic rings. The topological polar surface area (TPSA) is 91.2 Å². The number of aromatic nitrogens is 3. The standard InChI is InChI=1S/C9H14ClN5O2/c1-15(2)9-13-7(10)12-8(14-9)11-5-3-4-6(16)17/h3-5H2,1-2H3,(H,16,17)(H,11,12,13,14). The molecule has 94 valence electrons. The first-order chi connectivity index (χ1) is 7.99. The predicted molar refractivity (Wildman–Crippen MR) is 64.5 cm³/mol. The van der Waals surface area contributed by atoms with E-state index in [0.29, 0.717) is 24.9 Å². The van der Waals surface area contributed by atoms with Crippen LogP contribution >= 0.6 is 11.6 Å². The third-order valence-corrected chi connectivity index (χ3v) is 2.02. The van der Waals surface area contributed by atoms with Gasteiger partial charge in [-0.1, -0.05) is 0 Å². The van der Waals surface area contributed by atoms with Crippen molar-refractivity contribution in [2.75, 3.05) is 30.9 Å².